The molecule has 0 aromatic rings. The van der Waals surface area contributed by atoms with E-state index in [9.17, 15) is 14.4 Å². The maximum Gasteiger partial charge on any atom is 0.306 e. The molecule has 0 rings (SSSR count). The first-order valence-corrected chi connectivity index (χ1v) is 30.7. The van der Waals surface area contributed by atoms with Crippen LogP contribution in [0.3, 0.4) is 0 Å². The standard InChI is InChI=1S/C62H118O6/c1-4-7-10-13-16-19-22-25-28-30-32-34-37-40-43-46-49-52-55-61(64)67-58-59(57-66-60(63)54-51-48-45-42-39-36-27-24-21-18-15-12-9-6-3)68-62(65)56-53-50-47-44-41-38-35-33-31-29-26-23-20-17-14-11-8-5-2/h36,39,59H,4-35,37-38,40-58H2,1-3H3/b39-36-. The monoisotopic (exact) mass is 959 g/mol. The van der Waals surface area contributed by atoms with E-state index in [1.54, 1.807) is 0 Å². The molecule has 6 nitrogen and oxygen atoms in total. The van der Waals surface area contributed by atoms with Gasteiger partial charge >= 0.3 is 17.9 Å². The normalized spacial score (nSPS) is 12.0. The van der Waals surface area contributed by atoms with Crippen molar-refractivity contribution in [3.8, 4) is 0 Å². The Balaban J connectivity index is 4.30. The Morgan fingerprint density at radius 1 is 0.279 bits per heavy atom. The molecule has 0 fully saturated rings. The number of allylic oxidation sites excluding steroid dienone is 2. The van der Waals surface area contributed by atoms with E-state index in [2.05, 4.69) is 32.9 Å². The largest absolute Gasteiger partial charge is 0.462 e. The zero-order valence-corrected chi connectivity index (χ0v) is 46.2. The SMILES string of the molecule is CCCCCCCCC/C=C\CCCCCC(=O)OCC(COC(=O)CCCCCCCCCCCCCCCCCCCC)OC(=O)CCCCCCCCCCCCCCCCCCCC. The fraction of sp³-hybridized carbons (Fsp3) is 0.919. The van der Waals surface area contributed by atoms with E-state index in [4.69, 9.17) is 14.2 Å². The van der Waals surface area contributed by atoms with Crippen molar-refractivity contribution >= 4 is 17.9 Å². The summed E-state index contributed by atoms with van der Waals surface area (Å²) < 4.78 is 16.9. The quantitative estimate of drug-likeness (QED) is 0.0262. The molecule has 1 unspecified atom stereocenters. The minimum Gasteiger partial charge on any atom is -0.462 e. The number of ether oxygens (including phenoxy) is 3. The molecular formula is C62H118O6. The summed E-state index contributed by atoms with van der Waals surface area (Å²) in [5.41, 5.74) is 0. The van der Waals surface area contributed by atoms with E-state index >= 15 is 0 Å². The Morgan fingerprint density at radius 3 is 0.750 bits per heavy atom. The van der Waals surface area contributed by atoms with Gasteiger partial charge in [0, 0.05) is 19.3 Å². The summed E-state index contributed by atoms with van der Waals surface area (Å²) in [6, 6.07) is 0. The molecule has 0 amide bonds. The van der Waals surface area contributed by atoms with Crippen LogP contribution >= 0.6 is 0 Å². The van der Waals surface area contributed by atoms with Crippen LogP contribution in [-0.4, -0.2) is 37.2 Å². The second-order valence-electron chi connectivity index (χ2n) is 21.0. The molecule has 0 aliphatic rings. The number of esters is 3. The Bertz CT molecular complexity index is 1060. The van der Waals surface area contributed by atoms with Crippen molar-refractivity contribution in [3.63, 3.8) is 0 Å². The Hall–Kier alpha value is -1.85. The first-order chi connectivity index (χ1) is 33.5. The Morgan fingerprint density at radius 2 is 0.485 bits per heavy atom. The fourth-order valence-corrected chi connectivity index (χ4v) is 9.38. The molecule has 1 atom stereocenters. The summed E-state index contributed by atoms with van der Waals surface area (Å²) in [5, 5.41) is 0. The molecule has 0 radical (unpaired) electrons. The van der Waals surface area contributed by atoms with E-state index < -0.39 is 6.10 Å². The van der Waals surface area contributed by atoms with Gasteiger partial charge in [-0.1, -0.05) is 296 Å². The van der Waals surface area contributed by atoms with Gasteiger partial charge in [0.05, 0.1) is 0 Å². The minimum atomic E-state index is -0.771. The highest BCUT2D eigenvalue weighted by Crippen LogP contribution is 2.18. The highest BCUT2D eigenvalue weighted by atomic mass is 16.6. The van der Waals surface area contributed by atoms with Gasteiger partial charge in [-0.25, -0.2) is 0 Å². The average Bonchev–Trinajstić information content (AvgIpc) is 3.34. The van der Waals surface area contributed by atoms with Crippen molar-refractivity contribution in [1.82, 2.24) is 0 Å². The number of hydrogen-bond donors (Lipinski definition) is 0. The molecule has 68 heavy (non-hydrogen) atoms. The molecule has 0 aromatic carbocycles. The fourth-order valence-electron chi connectivity index (χ4n) is 9.38. The summed E-state index contributed by atoms with van der Waals surface area (Å²) in [6.45, 7) is 6.69. The first-order valence-electron chi connectivity index (χ1n) is 30.7. The highest BCUT2D eigenvalue weighted by molar-refractivity contribution is 5.71. The Labute approximate surface area is 424 Å². The molecule has 0 aromatic heterocycles. The highest BCUT2D eigenvalue weighted by Gasteiger charge is 2.19. The predicted molar refractivity (Wildman–Crippen MR) is 293 cm³/mol. The van der Waals surface area contributed by atoms with E-state index in [-0.39, 0.29) is 31.1 Å². The van der Waals surface area contributed by atoms with Crippen molar-refractivity contribution in [2.24, 2.45) is 0 Å². The van der Waals surface area contributed by atoms with Crippen molar-refractivity contribution in [2.45, 2.75) is 354 Å². The summed E-state index contributed by atoms with van der Waals surface area (Å²) in [5.74, 6) is -0.856. The lowest BCUT2D eigenvalue weighted by atomic mass is 10.0. The third-order valence-corrected chi connectivity index (χ3v) is 14.0. The van der Waals surface area contributed by atoms with E-state index in [0.29, 0.717) is 19.3 Å². The van der Waals surface area contributed by atoms with Gasteiger partial charge in [-0.15, -0.1) is 0 Å². The smallest absolute Gasteiger partial charge is 0.306 e. The van der Waals surface area contributed by atoms with Crippen LogP contribution in [-0.2, 0) is 28.6 Å². The minimum absolute atomic E-state index is 0.0682. The second-order valence-corrected chi connectivity index (χ2v) is 21.0. The van der Waals surface area contributed by atoms with Gasteiger partial charge in [0.25, 0.3) is 0 Å². The van der Waals surface area contributed by atoms with Crippen LogP contribution in [0.25, 0.3) is 0 Å². The lowest BCUT2D eigenvalue weighted by Gasteiger charge is -2.18. The van der Waals surface area contributed by atoms with Gasteiger partial charge in [0.2, 0.25) is 0 Å². The van der Waals surface area contributed by atoms with E-state index in [1.807, 2.05) is 0 Å². The van der Waals surface area contributed by atoms with E-state index in [0.717, 1.165) is 64.2 Å². The number of rotatable bonds is 57. The van der Waals surface area contributed by atoms with Crippen LogP contribution in [0.5, 0.6) is 0 Å². The molecule has 0 bridgehead atoms. The van der Waals surface area contributed by atoms with Crippen molar-refractivity contribution in [2.75, 3.05) is 13.2 Å². The molecule has 0 heterocycles. The summed E-state index contributed by atoms with van der Waals surface area (Å²) in [7, 11) is 0. The van der Waals surface area contributed by atoms with Crippen molar-refractivity contribution in [1.29, 1.82) is 0 Å². The molecule has 6 heteroatoms. The molecule has 0 saturated heterocycles. The lowest BCUT2D eigenvalue weighted by molar-refractivity contribution is -0.167. The summed E-state index contributed by atoms with van der Waals surface area (Å²) in [6.07, 6.45) is 66.4. The van der Waals surface area contributed by atoms with Crippen LogP contribution in [0.1, 0.15) is 348 Å². The van der Waals surface area contributed by atoms with E-state index in [1.165, 1.54) is 244 Å². The first kappa shape index (κ1) is 66.2. The third kappa shape index (κ3) is 55.1. The molecule has 0 spiro atoms. The average molecular weight is 960 g/mol. The van der Waals surface area contributed by atoms with Gasteiger partial charge in [-0.05, 0) is 44.9 Å². The number of hydrogen-bond acceptors (Lipinski definition) is 6. The topological polar surface area (TPSA) is 78.9 Å². The lowest BCUT2D eigenvalue weighted by Crippen LogP contribution is -2.30. The predicted octanol–water partition coefficient (Wildman–Crippen LogP) is 20.5. The Kier molecular flexibility index (Phi) is 56.2. The molecule has 0 saturated carbocycles. The van der Waals surface area contributed by atoms with Crippen molar-refractivity contribution < 1.29 is 28.6 Å². The zero-order valence-electron chi connectivity index (χ0n) is 46.2. The van der Waals surface area contributed by atoms with Crippen LogP contribution in [0.4, 0.5) is 0 Å². The van der Waals surface area contributed by atoms with Gasteiger partial charge in [-0.3, -0.25) is 14.4 Å². The van der Waals surface area contributed by atoms with Crippen LogP contribution in [0.2, 0.25) is 0 Å². The van der Waals surface area contributed by atoms with Crippen LogP contribution in [0, 0.1) is 0 Å². The number of unbranched alkanes of at least 4 members (excludes halogenated alkanes) is 44. The van der Waals surface area contributed by atoms with Crippen LogP contribution < -0.4 is 0 Å². The number of carbonyl (C=O) groups excluding carboxylic acids is 3. The third-order valence-electron chi connectivity index (χ3n) is 14.0. The van der Waals surface area contributed by atoms with Gasteiger partial charge < -0.3 is 14.2 Å². The molecule has 402 valence electrons. The van der Waals surface area contributed by atoms with Gasteiger partial charge in [0.1, 0.15) is 13.2 Å². The second kappa shape index (κ2) is 57.7. The maximum atomic E-state index is 12.9. The van der Waals surface area contributed by atoms with Crippen molar-refractivity contribution in [3.05, 3.63) is 12.2 Å². The zero-order chi connectivity index (χ0) is 49.3. The van der Waals surface area contributed by atoms with Gasteiger partial charge in [0.15, 0.2) is 6.10 Å². The molecule has 0 aliphatic heterocycles. The van der Waals surface area contributed by atoms with Gasteiger partial charge in [-0.2, -0.15) is 0 Å². The molecule has 0 aliphatic carbocycles. The molecular weight excluding hydrogens is 841 g/mol. The van der Waals surface area contributed by atoms with Crippen LogP contribution in [0.15, 0.2) is 12.2 Å². The summed E-state index contributed by atoms with van der Waals surface area (Å²) >= 11 is 0. The number of carbonyl (C=O) groups is 3. The maximum absolute atomic E-state index is 12.9. The molecule has 0 N–H and O–H groups in total. The summed E-state index contributed by atoms with van der Waals surface area (Å²) in [4.78, 5) is 38.2.